The van der Waals surface area contributed by atoms with Crippen LogP contribution < -0.4 is 10.6 Å². The van der Waals surface area contributed by atoms with Gasteiger partial charge in [0.2, 0.25) is 0 Å². The van der Waals surface area contributed by atoms with Crippen LogP contribution in [0.2, 0.25) is 0 Å². The molecule has 0 bridgehead atoms. The Balaban J connectivity index is 1.42. The molecule has 0 saturated carbocycles. The van der Waals surface area contributed by atoms with E-state index in [1.165, 1.54) is 26.4 Å². The van der Waals surface area contributed by atoms with Gasteiger partial charge in [0.25, 0.3) is 0 Å². The summed E-state index contributed by atoms with van der Waals surface area (Å²) in [5, 5.41) is 6.03. The van der Waals surface area contributed by atoms with Crippen molar-refractivity contribution in [3.05, 3.63) is 56.8 Å². The van der Waals surface area contributed by atoms with Crippen molar-refractivity contribution in [2.45, 2.75) is 39.8 Å². The summed E-state index contributed by atoms with van der Waals surface area (Å²) in [5.74, 6) is 0. The van der Waals surface area contributed by atoms with E-state index >= 15 is 0 Å². The van der Waals surface area contributed by atoms with E-state index in [2.05, 4.69) is 59.7 Å². The van der Waals surface area contributed by atoms with Gasteiger partial charge in [0, 0.05) is 35.9 Å². The molecule has 1 aromatic heterocycles. The Morgan fingerprint density at radius 3 is 2.76 bits per heavy atom. The molecule has 0 saturated heterocycles. The van der Waals surface area contributed by atoms with E-state index in [-0.39, 0.29) is 12.1 Å². The minimum atomic E-state index is -0.0897. The normalized spacial score (nSPS) is 15.5. The van der Waals surface area contributed by atoms with E-state index in [4.69, 9.17) is 0 Å². The van der Waals surface area contributed by atoms with E-state index in [1.54, 1.807) is 11.3 Å². The van der Waals surface area contributed by atoms with Gasteiger partial charge in [-0.15, -0.1) is 11.3 Å². The monoisotopic (exact) mass is 357 g/mol. The minimum absolute atomic E-state index is 0.0341. The van der Waals surface area contributed by atoms with Gasteiger partial charge in [-0.05, 0) is 49.9 Å². The number of carbonyl (C=O) groups excluding carboxylic acids is 1. The number of amides is 2. The van der Waals surface area contributed by atoms with Gasteiger partial charge in [0.1, 0.15) is 0 Å². The van der Waals surface area contributed by atoms with Gasteiger partial charge < -0.3 is 10.6 Å². The lowest BCUT2D eigenvalue weighted by Crippen LogP contribution is -2.42. The third kappa shape index (κ3) is 4.61. The van der Waals surface area contributed by atoms with E-state index < -0.39 is 0 Å². The second-order valence-electron chi connectivity index (χ2n) is 6.79. The Morgan fingerprint density at radius 2 is 2.04 bits per heavy atom. The summed E-state index contributed by atoms with van der Waals surface area (Å²) in [7, 11) is 0. The summed E-state index contributed by atoms with van der Waals surface area (Å²) in [4.78, 5) is 17.1. The van der Waals surface area contributed by atoms with Gasteiger partial charge in [-0.2, -0.15) is 0 Å². The molecule has 3 rings (SSSR count). The number of fused-ring (bicyclic) bond motifs is 1. The number of carbonyl (C=O) groups is 1. The van der Waals surface area contributed by atoms with Crippen molar-refractivity contribution in [3.8, 4) is 0 Å². The highest BCUT2D eigenvalue weighted by atomic mass is 32.1. The lowest BCUT2D eigenvalue weighted by atomic mass is 10.00. The van der Waals surface area contributed by atoms with Crippen LogP contribution in [-0.4, -0.2) is 30.6 Å². The lowest BCUT2D eigenvalue weighted by Gasteiger charge is -2.28. The maximum atomic E-state index is 12.1. The molecule has 1 unspecified atom stereocenters. The van der Waals surface area contributed by atoms with Gasteiger partial charge in [0.15, 0.2) is 0 Å². The number of nitrogens with zero attached hydrogens (tertiary/aromatic N) is 1. The molecule has 1 atom stereocenters. The van der Waals surface area contributed by atoms with Crippen LogP contribution >= 0.6 is 11.3 Å². The number of thiophene rings is 1. The maximum Gasteiger partial charge on any atom is 0.315 e. The molecule has 1 aliphatic rings. The number of hydrogen-bond donors (Lipinski definition) is 2. The van der Waals surface area contributed by atoms with Crippen molar-refractivity contribution >= 4 is 17.4 Å². The third-order valence-corrected chi connectivity index (χ3v) is 5.80. The van der Waals surface area contributed by atoms with Crippen molar-refractivity contribution in [2.75, 3.05) is 19.6 Å². The zero-order valence-electron chi connectivity index (χ0n) is 15.3. The number of benzene rings is 1. The molecule has 5 heteroatoms. The predicted octanol–water partition coefficient (Wildman–Crippen LogP) is 3.78. The van der Waals surface area contributed by atoms with Gasteiger partial charge >= 0.3 is 6.03 Å². The van der Waals surface area contributed by atoms with Gasteiger partial charge in [-0.3, -0.25) is 4.90 Å². The molecule has 2 amide bonds. The molecular formula is C20H27N3OS. The standard InChI is InChI=1S/C20H27N3OS/c1-14-12-19(16(3)25-14)15(2)22-20(24)21-9-11-23-10-8-17-6-4-5-7-18(17)13-23/h4-7,12,15H,8-11,13H2,1-3H3,(H2,21,22,24). The summed E-state index contributed by atoms with van der Waals surface area (Å²) in [6.45, 7) is 9.83. The molecule has 2 aromatic rings. The summed E-state index contributed by atoms with van der Waals surface area (Å²) < 4.78 is 0. The molecule has 2 heterocycles. The zero-order valence-corrected chi connectivity index (χ0v) is 16.1. The number of nitrogens with one attached hydrogen (secondary N) is 2. The Labute approximate surface area is 154 Å². The van der Waals surface area contributed by atoms with Gasteiger partial charge in [-0.1, -0.05) is 24.3 Å². The van der Waals surface area contributed by atoms with Crippen molar-refractivity contribution in [1.82, 2.24) is 15.5 Å². The molecule has 1 aliphatic heterocycles. The summed E-state index contributed by atoms with van der Waals surface area (Å²) in [6, 6.07) is 10.7. The fourth-order valence-corrected chi connectivity index (χ4v) is 4.50. The van der Waals surface area contributed by atoms with E-state index in [0.29, 0.717) is 6.54 Å². The number of rotatable bonds is 5. The number of aryl methyl sites for hydroxylation is 2. The highest BCUT2D eigenvalue weighted by molar-refractivity contribution is 7.12. The van der Waals surface area contributed by atoms with E-state index in [0.717, 1.165) is 26.1 Å². The zero-order chi connectivity index (χ0) is 17.8. The smallest absolute Gasteiger partial charge is 0.315 e. The molecule has 0 fully saturated rings. The highest BCUT2D eigenvalue weighted by Gasteiger charge is 2.16. The van der Waals surface area contributed by atoms with Crippen LogP contribution in [0.25, 0.3) is 0 Å². The van der Waals surface area contributed by atoms with Crippen LogP contribution in [-0.2, 0) is 13.0 Å². The average molecular weight is 358 g/mol. The van der Waals surface area contributed by atoms with Crippen LogP contribution in [0.4, 0.5) is 4.79 Å². The van der Waals surface area contributed by atoms with Crippen LogP contribution in [0.5, 0.6) is 0 Å². The van der Waals surface area contributed by atoms with Crippen molar-refractivity contribution in [3.63, 3.8) is 0 Å². The highest BCUT2D eigenvalue weighted by Crippen LogP contribution is 2.26. The fourth-order valence-electron chi connectivity index (χ4n) is 3.48. The SMILES string of the molecule is Cc1cc(C(C)NC(=O)NCCN2CCc3ccccc3C2)c(C)s1. The summed E-state index contributed by atoms with van der Waals surface area (Å²) in [6.07, 6.45) is 1.09. The maximum absolute atomic E-state index is 12.1. The van der Waals surface area contributed by atoms with Gasteiger partial charge in [0.05, 0.1) is 6.04 Å². The largest absolute Gasteiger partial charge is 0.337 e. The molecule has 0 spiro atoms. The average Bonchev–Trinajstić information content (AvgIpc) is 2.93. The molecule has 4 nitrogen and oxygen atoms in total. The number of urea groups is 1. The molecule has 2 N–H and O–H groups in total. The second-order valence-corrected chi connectivity index (χ2v) is 8.25. The lowest BCUT2D eigenvalue weighted by molar-refractivity contribution is 0.228. The first kappa shape index (κ1) is 18.0. The molecule has 134 valence electrons. The van der Waals surface area contributed by atoms with Crippen LogP contribution in [0.15, 0.2) is 30.3 Å². The molecular weight excluding hydrogens is 330 g/mol. The first-order valence-corrected chi connectivity index (χ1v) is 9.75. The Bertz CT molecular complexity index is 740. The van der Waals surface area contributed by atoms with Gasteiger partial charge in [-0.25, -0.2) is 4.79 Å². The van der Waals surface area contributed by atoms with Crippen molar-refractivity contribution in [1.29, 1.82) is 0 Å². The van der Waals surface area contributed by atoms with Crippen LogP contribution in [0.1, 0.15) is 39.4 Å². The van der Waals surface area contributed by atoms with E-state index in [1.807, 2.05) is 6.92 Å². The van der Waals surface area contributed by atoms with Crippen molar-refractivity contribution < 1.29 is 4.79 Å². The fraction of sp³-hybridized carbons (Fsp3) is 0.450. The Morgan fingerprint density at radius 1 is 1.28 bits per heavy atom. The van der Waals surface area contributed by atoms with Crippen LogP contribution in [0.3, 0.4) is 0 Å². The van der Waals surface area contributed by atoms with E-state index in [9.17, 15) is 4.79 Å². The topological polar surface area (TPSA) is 44.4 Å². The molecule has 25 heavy (non-hydrogen) atoms. The minimum Gasteiger partial charge on any atom is -0.337 e. The number of hydrogen-bond acceptors (Lipinski definition) is 3. The van der Waals surface area contributed by atoms with Crippen molar-refractivity contribution in [2.24, 2.45) is 0 Å². The summed E-state index contributed by atoms with van der Waals surface area (Å²) in [5.41, 5.74) is 4.08. The Hall–Kier alpha value is -1.85. The molecule has 0 radical (unpaired) electrons. The third-order valence-electron chi connectivity index (χ3n) is 4.82. The van der Waals surface area contributed by atoms with Crippen LogP contribution in [0, 0.1) is 13.8 Å². The molecule has 1 aromatic carbocycles. The predicted molar refractivity (Wildman–Crippen MR) is 104 cm³/mol. The Kier molecular flexibility index (Phi) is 5.76. The second kappa shape index (κ2) is 8.02. The summed E-state index contributed by atoms with van der Waals surface area (Å²) >= 11 is 1.78. The molecule has 0 aliphatic carbocycles. The first-order chi connectivity index (χ1) is 12.0. The quantitative estimate of drug-likeness (QED) is 0.855. The first-order valence-electron chi connectivity index (χ1n) is 8.93.